The molecule has 0 aromatic heterocycles. The number of aliphatic hydroxyl groups excluding tert-OH is 6. The Hall–Kier alpha value is -4.27. The number of Topliss-reactive ketones (excluding diaryl/α,β-unsaturated/α-hetero) is 1. The molecule has 11 unspecified atom stereocenters. The van der Waals surface area contributed by atoms with E-state index in [0.717, 1.165) is 12.1 Å². The maximum atomic E-state index is 13.5. The molecule has 5 rings (SSSR count). The molecule has 0 amide bonds. The van der Waals surface area contributed by atoms with Gasteiger partial charge in [0.15, 0.2) is 29.5 Å². The summed E-state index contributed by atoms with van der Waals surface area (Å²) in [6.07, 6.45) is -21.5. The number of aliphatic hydroxyl groups is 6. The van der Waals surface area contributed by atoms with Crippen molar-refractivity contribution in [2.45, 2.75) is 73.9 Å². The number of carbonyl (C=O) groups excluding carboxylic acids is 1. The number of hydrogen-bond donors (Lipinski definition) is 9. The van der Waals surface area contributed by atoms with Gasteiger partial charge in [0.05, 0.1) is 13.5 Å². The van der Waals surface area contributed by atoms with Gasteiger partial charge in [-0.2, -0.15) is 0 Å². The molecule has 0 aliphatic carbocycles. The number of phenolic OH excluding ortho intramolecular Hbond substituents is 1. The normalized spacial score (nSPS) is 34.2. The number of aliphatic carboxylic acids is 2. The average molecular weight is 655 g/mol. The van der Waals surface area contributed by atoms with Gasteiger partial charge in [0, 0.05) is 12.1 Å². The Morgan fingerprint density at radius 2 is 1.33 bits per heavy atom. The van der Waals surface area contributed by atoms with E-state index >= 15 is 0 Å². The summed E-state index contributed by atoms with van der Waals surface area (Å²) in [4.78, 5) is 36.6. The number of carbonyl (C=O) groups is 3. The van der Waals surface area contributed by atoms with E-state index in [2.05, 4.69) is 0 Å². The first-order valence-corrected chi connectivity index (χ1v) is 13.6. The first-order valence-electron chi connectivity index (χ1n) is 13.6. The summed E-state index contributed by atoms with van der Waals surface area (Å²) in [6, 6.07) is 6.37. The van der Waals surface area contributed by atoms with Gasteiger partial charge in [0.2, 0.25) is 12.6 Å². The summed E-state index contributed by atoms with van der Waals surface area (Å²) in [6.45, 7) is 0. The zero-order chi connectivity index (χ0) is 33.6. The minimum absolute atomic E-state index is 0.147. The summed E-state index contributed by atoms with van der Waals surface area (Å²) in [5, 5.41) is 90.4. The number of aromatic hydroxyl groups is 1. The van der Waals surface area contributed by atoms with E-state index in [9.17, 15) is 60.3 Å². The molecule has 9 N–H and O–H groups in total. The Morgan fingerprint density at radius 3 is 1.85 bits per heavy atom. The van der Waals surface area contributed by atoms with Crippen molar-refractivity contribution in [3.8, 4) is 28.7 Å². The Morgan fingerprint density at radius 1 is 0.761 bits per heavy atom. The third kappa shape index (κ3) is 6.11. The lowest BCUT2D eigenvalue weighted by molar-refractivity contribution is -0.272. The van der Waals surface area contributed by atoms with Crippen LogP contribution in [0.2, 0.25) is 0 Å². The molecular formula is C28H30O18. The lowest BCUT2D eigenvalue weighted by Crippen LogP contribution is -2.61. The lowest BCUT2D eigenvalue weighted by atomic mass is 9.95. The monoisotopic (exact) mass is 654 g/mol. The zero-order valence-corrected chi connectivity index (χ0v) is 23.6. The van der Waals surface area contributed by atoms with Gasteiger partial charge in [-0.25, -0.2) is 9.59 Å². The SMILES string of the molecule is COc1ccc(C2CC(=O)c3c(cc(OC4OC(C(=O)O)C(O)C(O)C4O)cc3OC3OC(C(=O)O)C(O)C(O)C3O)O2)cc1O. The number of rotatable bonds is 8. The molecule has 2 aromatic carbocycles. The molecule has 2 saturated heterocycles. The van der Waals surface area contributed by atoms with Crippen LogP contribution >= 0.6 is 0 Å². The van der Waals surface area contributed by atoms with Gasteiger partial charge in [-0.3, -0.25) is 4.79 Å². The van der Waals surface area contributed by atoms with Crippen LogP contribution in [0.3, 0.4) is 0 Å². The Labute approximate surface area is 258 Å². The quantitative estimate of drug-likeness (QED) is 0.144. The summed E-state index contributed by atoms with van der Waals surface area (Å²) in [7, 11) is 1.34. The molecule has 18 heteroatoms. The molecule has 0 radical (unpaired) electrons. The van der Waals surface area contributed by atoms with Crippen LogP contribution in [0.25, 0.3) is 0 Å². The van der Waals surface area contributed by atoms with Crippen molar-refractivity contribution < 1.29 is 88.8 Å². The van der Waals surface area contributed by atoms with E-state index in [1.165, 1.54) is 25.3 Å². The molecule has 3 aliphatic rings. The number of benzene rings is 2. The Balaban J connectivity index is 1.53. The number of fused-ring (bicyclic) bond motifs is 1. The maximum Gasteiger partial charge on any atom is 0.335 e. The molecule has 11 atom stereocenters. The van der Waals surface area contributed by atoms with E-state index < -0.39 is 91.0 Å². The third-order valence-corrected chi connectivity index (χ3v) is 7.65. The van der Waals surface area contributed by atoms with Crippen LogP contribution < -0.4 is 18.9 Å². The van der Waals surface area contributed by atoms with Gasteiger partial charge in [-0.15, -0.1) is 0 Å². The van der Waals surface area contributed by atoms with Crippen LogP contribution in [-0.2, 0) is 19.1 Å². The topological polar surface area (TPSA) is 289 Å². The Bertz CT molecular complexity index is 1500. The second kappa shape index (κ2) is 12.9. The van der Waals surface area contributed by atoms with Gasteiger partial charge in [0.1, 0.15) is 65.5 Å². The van der Waals surface area contributed by atoms with Gasteiger partial charge >= 0.3 is 11.9 Å². The molecule has 250 valence electrons. The highest BCUT2D eigenvalue weighted by molar-refractivity contribution is 6.03. The van der Waals surface area contributed by atoms with Crippen LogP contribution in [0.15, 0.2) is 30.3 Å². The molecule has 18 nitrogen and oxygen atoms in total. The molecule has 0 saturated carbocycles. The highest BCUT2D eigenvalue weighted by Gasteiger charge is 2.50. The first-order chi connectivity index (χ1) is 21.7. The average Bonchev–Trinajstić information content (AvgIpc) is 3.00. The lowest BCUT2D eigenvalue weighted by Gasteiger charge is -2.39. The number of carboxylic acids is 2. The summed E-state index contributed by atoms with van der Waals surface area (Å²) in [5.41, 5.74) is 0.0691. The van der Waals surface area contributed by atoms with Crippen molar-refractivity contribution in [1.29, 1.82) is 0 Å². The molecule has 3 heterocycles. The Kier molecular flexibility index (Phi) is 9.25. The fourth-order valence-corrected chi connectivity index (χ4v) is 5.21. The van der Waals surface area contributed by atoms with E-state index in [0.29, 0.717) is 5.56 Å². The van der Waals surface area contributed by atoms with Crippen molar-refractivity contribution in [3.05, 3.63) is 41.5 Å². The predicted molar refractivity (Wildman–Crippen MR) is 143 cm³/mol. The highest BCUT2D eigenvalue weighted by Crippen LogP contribution is 2.45. The van der Waals surface area contributed by atoms with E-state index in [1.807, 2.05) is 0 Å². The summed E-state index contributed by atoms with van der Waals surface area (Å²) >= 11 is 0. The number of ether oxygens (including phenoxy) is 6. The second-order valence-corrected chi connectivity index (χ2v) is 10.7. The van der Waals surface area contributed by atoms with Gasteiger partial charge in [0.25, 0.3) is 0 Å². The zero-order valence-electron chi connectivity index (χ0n) is 23.6. The number of hydrogen-bond acceptors (Lipinski definition) is 16. The van der Waals surface area contributed by atoms with Gasteiger partial charge in [-0.1, -0.05) is 6.07 Å². The van der Waals surface area contributed by atoms with Crippen LogP contribution in [0.5, 0.6) is 28.7 Å². The molecule has 2 fully saturated rings. The maximum absolute atomic E-state index is 13.5. The molecule has 46 heavy (non-hydrogen) atoms. The van der Waals surface area contributed by atoms with Crippen LogP contribution in [0.1, 0.15) is 28.4 Å². The first kappa shape index (κ1) is 33.1. The van der Waals surface area contributed by atoms with Crippen molar-refractivity contribution in [2.75, 3.05) is 7.11 Å². The van der Waals surface area contributed by atoms with E-state index in [4.69, 9.17) is 28.4 Å². The minimum atomic E-state index is -2.05. The largest absolute Gasteiger partial charge is 0.504 e. The predicted octanol–water partition coefficient (Wildman–Crippen LogP) is -2.35. The van der Waals surface area contributed by atoms with E-state index in [-0.39, 0.29) is 35.0 Å². The molecule has 2 aromatic rings. The standard InChI is InChI=1S/C28H30O18/c1-41-12-3-2-8(4-10(12)29)13-7-11(30)16-14(43-13)5-9(42-27-21(35)17(31)19(33)23(45-27)25(37)38)6-15(16)44-28-22(36)18(32)20(34)24(46-28)26(39)40/h2-6,13,17-24,27-29,31-36H,7H2,1H3,(H,37,38)(H,39,40). The van der Waals surface area contributed by atoms with Crippen molar-refractivity contribution in [2.24, 2.45) is 0 Å². The van der Waals surface area contributed by atoms with Crippen molar-refractivity contribution in [1.82, 2.24) is 0 Å². The van der Waals surface area contributed by atoms with Crippen LogP contribution in [0.4, 0.5) is 0 Å². The van der Waals surface area contributed by atoms with Crippen molar-refractivity contribution in [3.63, 3.8) is 0 Å². The fraction of sp³-hybridized carbons (Fsp3) is 0.464. The molecule has 0 spiro atoms. The number of phenols is 1. The van der Waals surface area contributed by atoms with Gasteiger partial charge in [-0.05, 0) is 17.7 Å². The summed E-state index contributed by atoms with van der Waals surface area (Å²) < 4.78 is 32.6. The number of carboxylic acid groups (broad SMARTS) is 2. The second-order valence-electron chi connectivity index (χ2n) is 10.7. The molecule has 0 bridgehead atoms. The van der Waals surface area contributed by atoms with Crippen molar-refractivity contribution >= 4 is 17.7 Å². The number of methoxy groups -OCH3 is 1. The molecular weight excluding hydrogens is 624 g/mol. The summed E-state index contributed by atoms with van der Waals surface area (Å²) in [5.74, 6) is -5.17. The fourth-order valence-electron chi connectivity index (χ4n) is 5.21. The minimum Gasteiger partial charge on any atom is -0.504 e. The smallest absolute Gasteiger partial charge is 0.335 e. The highest BCUT2D eigenvalue weighted by atomic mass is 16.7. The van der Waals surface area contributed by atoms with E-state index in [1.54, 1.807) is 0 Å². The van der Waals surface area contributed by atoms with Crippen LogP contribution in [0, 0.1) is 0 Å². The molecule has 3 aliphatic heterocycles. The number of ketones is 1. The van der Waals surface area contributed by atoms with Crippen LogP contribution in [-0.4, -0.2) is 132 Å². The van der Waals surface area contributed by atoms with Gasteiger partial charge < -0.3 is 74.4 Å². The third-order valence-electron chi connectivity index (χ3n) is 7.65.